The summed E-state index contributed by atoms with van der Waals surface area (Å²) >= 11 is 12.0. The van der Waals surface area contributed by atoms with Crippen LogP contribution < -0.4 is 11.1 Å². The summed E-state index contributed by atoms with van der Waals surface area (Å²) in [5.41, 5.74) is 5.78. The van der Waals surface area contributed by atoms with E-state index >= 15 is 4.39 Å². The van der Waals surface area contributed by atoms with Gasteiger partial charge in [-0.15, -0.1) is 0 Å². The van der Waals surface area contributed by atoms with Gasteiger partial charge in [-0.1, -0.05) is 41.4 Å². The number of hydrogen-bond donors (Lipinski definition) is 3. The number of nitrogens with one attached hydrogen (secondary N) is 1. The zero-order chi connectivity index (χ0) is 26.0. The van der Waals surface area contributed by atoms with E-state index in [0.29, 0.717) is 11.3 Å². The van der Waals surface area contributed by atoms with E-state index < -0.39 is 29.2 Å². The molecule has 7 nitrogen and oxygen atoms in total. The van der Waals surface area contributed by atoms with Crippen LogP contribution in [-0.4, -0.2) is 33.1 Å². The van der Waals surface area contributed by atoms with Gasteiger partial charge < -0.3 is 16.2 Å². The highest BCUT2D eigenvalue weighted by Gasteiger charge is 2.28. The molecule has 0 aliphatic heterocycles. The number of halogens is 4. The number of carboxylic acids is 1. The number of anilines is 1. The van der Waals surface area contributed by atoms with Crippen LogP contribution in [0.2, 0.25) is 10.0 Å². The second kappa shape index (κ2) is 10.3. The van der Waals surface area contributed by atoms with Crippen LogP contribution in [0, 0.1) is 11.6 Å². The second-order valence-electron chi connectivity index (χ2n) is 7.66. The van der Waals surface area contributed by atoms with E-state index in [2.05, 4.69) is 10.3 Å². The zero-order valence-corrected chi connectivity index (χ0v) is 19.9. The van der Waals surface area contributed by atoms with E-state index in [1.165, 1.54) is 34.9 Å². The number of amides is 1. The molecule has 3 aromatic carbocycles. The summed E-state index contributed by atoms with van der Waals surface area (Å²) in [4.78, 5) is 27.8. The Morgan fingerprint density at radius 3 is 2.47 bits per heavy atom. The molecule has 4 N–H and O–H groups in total. The van der Waals surface area contributed by atoms with Crippen LogP contribution in [-0.2, 0) is 4.79 Å². The third-order valence-electron chi connectivity index (χ3n) is 5.30. The predicted octanol–water partition coefficient (Wildman–Crippen LogP) is 5.78. The fourth-order valence-corrected chi connectivity index (χ4v) is 4.06. The Bertz CT molecular complexity index is 1490. The first kappa shape index (κ1) is 25.2. The maximum Gasteiger partial charge on any atom is 0.356 e. The maximum absolute atomic E-state index is 15.3. The molecule has 184 valence electrons. The number of carbonyl (C=O) groups excluding carboxylic acids is 1. The van der Waals surface area contributed by atoms with Crippen molar-refractivity contribution >= 4 is 40.8 Å². The molecule has 0 radical (unpaired) electrons. The van der Waals surface area contributed by atoms with Crippen molar-refractivity contribution in [1.82, 2.24) is 9.55 Å². The molecule has 0 spiro atoms. The van der Waals surface area contributed by atoms with E-state index in [1.807, 2.05) is 0 Å². The summed E-state index contributed by atoms with van der Waals surface area (Å²) in [7, 11) is 0. The molecule has 1 amide bonds. The number of primary amides is 1. The molecule has 0 saturated carbocycles. The molecular weight excluding hydrogens is 513 g/mol. The Hall–Kier alpha value is -3.95. The average Bonchev–Trinajstić information content (AvgIpc) is 3.23. The lowest BCUT2D eigenvalue weighted by Gasteiger charge is -2.17. The van der Waals surface area contributed by atoms with Gasteiger partial charge in [-0.05, 0) is 42.5 Å². The number of carbonyl (C=O) groups is 2. The van der Waals surface area contributed by atoms with Crippen LogP contribution in [0.15, 0.2) is 60.7 Å². The molecule has 0 aliphatic rings. The van der Waals surface area contributed by atoms with Crippen LogP contribution in [0.5, 0.6) is 0 Å². The summed E-state index contributed by atoms with van der Waals surface area (Å²) in [6, 6.07) is 14.7. The third kappa shape index (κ3) is 4.89. The van der Waals surface area contributed by atoms with Crippen molar-refractivity contribution in [3.63, 3.8) is 0 Å². The molecular formula is C25H18Cl2F2N4O3. The number of nitrogens with zero attached hydrogens (tertiary/aromatic N) is 2. The van der Waals surface area contributed by atoms with Crippen LogP contribution in [0.25, 0.3) is 28.3 Å². The van der Waals surface area contributed by atoms with Crippen molar-refractivity contribution < 1.29 is 23.5 Å². The summed E-state index contributed by atoms with van der Waals surface area (Å²) in [5, 5.41) is 12.6. The number of aromatic nitrogens is 2. The van der Waals surface area contributed by atoms with Crippen molar-refractivity contribution in [3.8, 4) is 28.3 Å². The first-order valence-electron chi connectivity index (χ1n) is 10.6. The average molecular weight is 531 g/mol. The van der Waals surface area contributed by atoms with Gasteiger partial charge in [-0.2, -0.15) is 0 Å². The fraction of sp³-hybridized carbons (Fsp3) is 0.0800. The minimum Gasteiger partial charge on any atom is -0.476 e. The number of carboxylic acid groups (broad SMARTS) is 1. The fourth-order valence-electron chi connectivity index (χ4n) is 3.71. The topological polar surface area (TPSA) is 110 Å². The van der Waals surface area contributed by atoms with Crippen molar-refractivity contribution in [3.05, 3.63) is 88.0 Å². The van der Waals surface area contributed by atoms with Gasteiger partial charge >= 0.3 is 5.97 Å². The lowest BCUT2D eigenvalue weighted by molar-refractivity contribution is -0.117. The van der Waals surface area contributed by atoms with E-state index in [0.717, 1.165) is 6.07 Å². The summed E-state index contributed by atoms with van der Waals surface area (Å²) < 4.78 is 30.6. The number of benzene rings is 3. The van der Waals surface area contributed by atoms with Crippen LogP contribution in [0.1, 0.15) is 16.9 Å². The van der Waals surface area contributed by atoms with Gasteiger partial charge in [-0.25, -0.2) is 18.6 Å². The summed E-state index contributed by atoms with van der Waals surface area (Å²) in [6.45, 7) is 0.199. The van der Waals surface area contributed by atoms with Gasteiger partial charge in [0.15, 0.2) is 11.5 Å². The maximum atomic E-state index is 15.3. The van der Waals surface area contributed by atoms with Gasteiger partial charge in [0, 0.05) is 29.8 Å². The number of imidazole rings is 1. The van der Waals surface area contributed by atoms with Crippen LogP contribution >= 0.6 is 23.2 Å². The van der Waals surface area contributed by atoms with Gasteiger partial charge in [0.05, 0.1) is 21.4 Å². The first-order valence-corrected chi connectivity index (χ1v) is 11.3. The molecule has 0 aliphatic carbocycles. The lowest BCUT2D eigenvalue weighted by Crippen LogP contribution is -2.16. The van der Waals surface area contributed by atoms with Gasteiger partial charge in [0.25, 0.3) is 0 Å². The molecule has 0 unspecified atom stereocenters. The van der Waals surface area contributed by atoms with Crippen molar-refractivity contribution in [1.29, 1.82) is 0 Å². The highest BCUT2D eigenvalue weighted by molar-refractivity contribution is 6.31. The van der Waals surface area contributed by atoms with Gasteiger partial charge in [0.1, 0.15) is 11.6 Å². The highest BCUT2D eigenvalue weighted by atomic mass is 35.5. The highest BCUT2D eigenvalue weighted by Crippen LogP contribution is 2.38. The van der Waals surface area contributed by atoms with E-state index in [1.54, 1.807) is 24.3 Å². The number of aromatic carboxylic acids is 1. The Balaban J connectivity index is 2.06. The summed E-state index contributed by atoms with van der Waals surface area (Å²) in [6.07, 6.45) is 0.0470. The molecule has 4 rings (SSSR count). The quantitative estimate of drug-likeness (QED) is 0.267. The van der Waals surface area contributed by atoms with Crippen LogP contribution in [0.4, 0.5) is 14.5 Å². The molecule has 11 heteroatoms. The van der Waals surface area contributed by atoms with Crippen molar-refractivity contribution in [2.75, 3.05) is 11.9 Å². The molecule has 1 aromatic heterocycles. The predicted molar refractivity (Wildman–Crippen MR) is 134 cm³/mol. The standard InChI is InChI=1S/C25H18Cl2F2N4O3/c26-15-5-3-7-19(21(15)29)33-23(13-8-9-17(28)16(27)12-13)22(25(35)36)32-24(33)14-4-1-2-6-18(14)31-11-10-20(30)34/h1-9,12,31H,10-11H2,(H2,30,34)(H,35,36). The Labute approximate surface area is 214 Å². The molecule has 0 saturated heterocycles. The Morgan fingerprint density at radius 2 is 1.78 bits per heavy atom. The van der Waals surface area contributed by atoms with E-state index in [4.69, 9.17) is 28.9 Å². The molecule has 36 heavy (non-hydrogen) atoms. The Kier molecular flexibility index (Phi) is 7.23. The molecule has 0 bridgehead atoms. The van der Waals surface area contributed by atoms with Gasteiger partial charge in [-0.3, -0.25) is 9.36 Å². The minimum absolute atomic E-state index is 0.0347. The monoisotopic (exact) mass is 530 g/mol. The summed E-state index contributed by atoms with van der Waals surface area (Å²) in [5.74, 6) is -3.37. The van der Waals surface area contributed by atoms with Gasteiger partial charge in [0.2, 0.25) is 5.91 Å². The number of para-hydroxylation sites is 1. The molecule has 4 aromatic rings. The molecule has 0 atom stereocenters. The minimum atomic E-state index is -1.40. The number of rotatable bonds is 8. The zero-order valence-electron chi connectivity index (χ0n) is 18.4. The van der Waals surface area contributed by atoms with Crippen molar-refractivity contribution in [2.24, 2.45) is 5.73 Å². The SMILES string of the molecule is NC(=O)CCNc1ccccc1-c1nc(C(=O)O)c(-c2ccc(F)c(Cl)c2)n1-c1cccc(Cl)c1F. The normalized spacial score (nSPS) is 10.9. The van der Waals surface area contributed by atoms with Crippen molar-refractivity contribution in [2.45, 2.75) is 6.42 Å². The largest absolute Gasteiger partial charge is 0.476 e. The van der Waals surface area contributed by atoms with Crippen LogP contribution in [0.3, 0.4) is 0 Å². The first-order chi connectivity index (χ1) is 17.2. The second-order valence-corrected chi connectivity index (χ2v) is 8.48. The number of nitrogens with two attached hydrogens (primary N) is 1. The molecule has 1 heterocycles. The molecule has 0 fully saturated rings. The van der Waals surface area contributed by atoms with E-state index in [9.17, 15) is 19.1 Å². The Morgan fingerprint density at radius 1 is 1.03 bits per heavy atom. The smallest absolute Gasteiger partial charge is 0.356 e. The van der Waals surface area contributed by atoms with E-state index in [-0.39, 0.29) is 45.8 Å². The third-order valence-corrected chi connectivity index (χ3v) is 5.88. The lowest BCUT2D eigenvalue weighted by atomic mass is 10.1. The number of hydrogen-bond acceptors (Lipinski definition) is 4.